The van der Waals surface area contributed by atoms with Gasteiger partial charge in [-0.1, -0.05) is 18.7 Å². The van der Waals surface area contributed by atoms with Crippen molar-refractivity contribution in [1.29, 1.82) is 0 Å². The zero-order valence-electron chi connectivity index (χ0n) is 15.3. The van der Waals surface area contributed by atoms with Crippen molar-refractivity contribution in [3.05, 3.63) is 59.1 Å². The first-order valence-corrected chi connectivity index (χ1v) is 9.57. The summed E-state index contributed by atoms with van der Waals surface area (Å²) in [4.78, 5) is 30.1. The molecule has 0 saturated heterocycles. The second-order valence-electron chi connectivity index (χ2n) is 6.25. The van der Waals surface area contributed by atoms with E-state index in [4.69, 9.17) is 0 Å². The highest BCUT2D eigenvalue weighted by atomic mass is 32.1. The molecule has 0 aliphatic rings. The summed E-state index contributed by atoms with van der Waals surface area (Å²) in [7, 11) is 0. The Labute approximate surface area is 158 Å². The third-order valence-corrected chi connectivity index (χ3v) is 4.87. The van der Waals surface area contributed by atoms with E-state index in [1.807, 2.05) is 48.4 Å². The molecule has 2 amide bonds. The van der Waals surface area contributed by atoms with Gasteiger partial charge in [0.25, 0.3) is 0 Å². The normalized spacial score (nSPS) is 10.6. The molecule has 5 nitrogen and oxygen atoms in total. The van der Waals surface area contributed by atoms with Crippen molar-refractivity contribution in [3.63, 3.8) is 0 Å². The molecule has 0 bridgehead atoms. The molecule has 2 rings (SSSR count). The van der Waals surface area contributed by atoms with E-state index >= 15 is 0 Å². The van der Waals surface area contributed by atoms with Gasteiger partial charge in [-0.2, -0.15) is 0 Å². The van der Waals surface area contributed by atoms with Gasteiger partial charge >= 0.3 is 0 Å². The Morgan fingerprint density at radius 3 is 2.58 bits per heavy atom. The van der Waals surface area contributed by atoms with E-state index < -0.39 is 0 Å². The van der Waals surface area contributed by atoms with Crippen LogP contribution < -0.4 is 5.32 Å². The number of anilines is 1. The van der Waals surface area contributed by atoms with Crippen molar-refractivity contribution in [2.24, 2.45) is 0 Å². The van der Waals surface area contributed by atoms with Crippen LogP contribution in [0.3, 0.4) is 0 Å². The second kappa shape index (κ2) is 9.87. The van der Waals surface area contributed by atoms with Crippen molar-refractivity contribution in [2.45, 2.75) is 39.2 Å². The van der Waals surface area contributed by atoms with Crippen molar-refractivity contribution in [1.82, 2.24) is 9.88 Å². The Kier molecular flexibility index (Phi) is 7.53. The number of carbonyl (C=O) groups is 2. The highest BCUT2D eigenvalue weighted by molar-refractivity contribution is 7.09. The van der Waals surface area contributed by atoms with Crippen LogP contribution in [0.2, 0.25) is 0 Å². The Bertz CT molecular complexity index is 724. The molecule has 1 aromatic heterocycles. The number of thiazole rings is 1. The maximum absolute atomic E-state index is 12.6. The number of nitrogens with one attached hydrogen (secondary N) is 1. The van der Waals surface area contributed by atoms with Crippen LogP contribution in [-0.2, 0) is 22.4 Å². The number of carbonyl (C=O) groups excluding carboxylic acids is 2. The van der Waals surface area contributed by atoms with E-state index in [0.717, 1.165) is 22.7 Å². The Morgan fingerprint density at radius 1 is 1.27 bits per heavy atom. The van der Waals surface area contributed by atoms with Gasteiger partial charge < -0.3 is 10.2 Å². The molecule has 0 unspecified atom stereocenters. The molecule has 138 valence electrons. The lowest BCUT2D eigenvalue weighted by atomic mass is 10.1. The lowest BCUT2D eigenvalue weighted by molar-refractivity contribution is -0.132. The molecule has 0 atom stereocenters. The molecule has 1 N–H and O–H groups in total. The molecule has 1 heterocycles. The lowest BCUT2D eigenvalue weighted by Gasteiger charge is -2.26. The number of amides is 2. The maximum atomic E-state index is 12.6. The maximum Gasteiger partial charge on any atom is 0.247 e. The summed E-state index contributed by atoms with van der Waals surface area (Å²) in [6.45, 7) is 8.20. The molecular weight excluding hydrogens is 346 g/mol. The fourth-order valence-electron chi connectivity index (χ4n) is 2.61. The molecule has 0 aliphatic heterocycles. The van der Waals surface area contributed by atoms with Gasteiger partial charge in [-0.15, -0.1) is 11.3 Å². The number of aromatic nitrogens is 1. The van der Waals surface area contributed by atoms with E-state index in [1.54, 1.807) is 17.5 Å². The molecule has 0 radical (unpaired) electrons. The van der Waals surface area contributed by atoms with Gasteiger partial charge in [0.15, 0.2) is 0 Å². The fraction of sp³-hybridized carbons (Fsp3) is 0.350. The van der Waals surface area contributed by atoms with Gasteiger partial charge in [0, 0.05) is 42.7 Å². The van der Waals surface area contributed by atoms with E-state index in [-0.39, 0.29) is 17.9 Å². The Morgan fingerprint density at radius 2 is 2.00 bits per heavy atom. The molecule has 6 heteroatoms. The van der Waals surface area contributed by atoms with Gasteiger partial charge in [-0.25, -0.2) is 4.98 Å². The fourth-order valence-corrected chi connectivity index (χ4v) is 3.22. The first kappa shape index (κ1) is 19.8. The summed E-state index contributed by atoms with van der Waals surface area (Å²) in [6, 6.07) is 7.70. The quantitative estimate of drug-likeness (QED) is 0.684. The largest absolute Gasteiger partial charge is 0.340 e. The van der Waals surface area contributed by atoms with E-state index in [2.05, 4.69) is 16.9 Å². The average Bonchev–Trinajstić information content (AvgIpc) is 3.14. The predicted octanol–water partition coefficient (Wildman–Crippen LogP) is 3.68. The number of nitrogens with zero attached hydrogens (tertiary/aromatic N) is 2. The van der Waals surface area contributed by atoms with Gasteiger partial charge in [0.05, 0.1) is 5.01 Å². The number of rotatable bonds is 9. The standard InChI is InChI=1S/C20H25N3O2S/c1-4-18(24)22-17-8-5-16(6-9-17)7-10-20(25)23(15(2)3)13-11-19-21-12-14-26-19/h4-6,8-9,12,14-15H,1,7,10-11,13H2,2-3H3,(H,22,24). The van der Waals surface area contributed by atoms with Crippen molar-refractivity contribution in [3.8, 4) is 0 Å². The Balaban J connectivity index is 1.86. The van der Waals surface area contributed by atoms with E-state index in [0.29, 0.717) is 19.4 Å². The zero-order valence-corrected chi connectivity index (χ0v) is 16.1. The molecule has 0 spiro atoms. The monoisotopic (exact) mass is 371 g/mol. The molecule has 26 heavy (non-hydrogen) atoms. The summed E-state index contributed by atoms with van der Waals surface area (Å²) in [6.07, 6.45) is 4.96. The van der Waals surface area contributed by atoms with Crippen LogP contribution in [-0.4, -0.2) is 34.3 Å². The summed E-state index contributed by atoms with van der Waals surface area (Å²) in [5, 5.41) is 5.72. The Hall–Kier alpha value is -2.47. The minimum Gasteiger partial charge on any atom is -0.340 e. The van der Waals surface area contributed by atoms with Gasteiger partial charge in [-0.05, 0) is 44.0 Å². The molecule has 0 fully saturated rings. The van der Waals surface area contributed by atoms with Crippen LogP contribution in [0.5, 0.6) is 0 Å². The van der Waals surface area contributed by atoms with Crippen molar-refractivity contribution < 1.29 is 9.59 Å². The molecular formula is C20H25N3O2S. The molecule has 1 aromatic carbocycles. The van der Waals surface area contributed by atoms with Gasteiger partial charge in [0.2, 0.25) is 11.8 Å². The van der Waals surface area contributed by atoms with Crippen LogP contribution in [0.25, 0.3) is 0 Å². The summed E-state index contributed by atoms with van der Waals surface area (Å²) in [5.74, 6) is -0.0821. The third kappa shape index (κ3) is 6.11. The molecule has 0 aliphatic carbocycles. The summed E-state index contributed by atoms with van der Waals surface area (Å²) >= 11 is 1.62. The number of aryl methyl sites for hydroxylation is 1. The van der Waals surface area contributed by atoms with Crippen molar-refractivity contribution in [2.75, 3.05) is 11.9 Å². The average molecular weight is 372 g/mol. The second-order valence-corrected chi connectivity index (χ2v) is 7.23. The minimum atomic E-state index is -0.235. The third-order valence-electron chi connectivity index (χ3n) is 4.03. The number of hydrogen-bond donors (Lipinski definition) is 1. The smallest absolute Gasteiger partial charge is 0.247 e. The zero-order chi connectivity index (χ0) is 18.9. The lowest BCUT2D eigenvalue weighted by Crippen LogP contribution is -2.38. The first-order chi connectivity index (χ1) is 12.5. The summed E-state index contributed by atoms with van der Waals surface area (Å²) in [5.41, 5.74) is 1.79. The van der Waals surface area contributed by atoms with Crippen LogP contribution in [0, 0.1) is 0 Å². The van der Waals surface area contributed by atoms with Crippen molar-refractivity contribution >= 4 is 28.8 Å². The number of benzene rings is 1. The predicted molar refractivity (Wildman–Crippen MR) is 106 cm³/mol. The van der Waals surface area contributed by atoms with Crippen LogP contribution in [0.1, 0.15) is 30.8 Å². The highest BCUT2D eigenvalue weighted by Gasteiger charge is 2.17. The van der Waals surface area contributed by atoms with Crippen LogP contribution in [0.4, 0.5) is 5.69 Å². The van der Waals surface area contributed by atoms with Crippen LogP contribution >= 0.6 is 11.3 Å². The van der Waals surface area contributed by atoms with Crippen LogP contribution in [0.15, 0.2) is 48.5 Å². The SMILES string of the molecule is C=CC(=O)Nc1ccc(CCC(=O)N(CCc2nccs2)C(C)C)cc1. The highest BCUT2D eigenvalue weighted by Crippen LogP contribution is 2.13. The van der Waals surface area contributed by atoms with Gasteiger partial charge in [-0.3, -0.25) is 9.59 Å². The van der Waals surface area contributed by atoms with Gasteiger partial charge in [0.1, 0.15) is 0 Å². The minimum absolute atomic E-state index is 0.153. The van der Waals surface area contributed by atoms with E-state index in [9.17, 15) is 9.59 Å². The summed E-state index contributed by atoms with van der Waals surface area (Å²) < 4.78 is 0. The molecule has 0 saturated carbocycles. The first-order valence-electron chi connectivity index (χ1n) is 8.69. The topological polar surface area (TPSA) is 62.3 Å². The van der Waals surface area contributed by atoms with E-state index in [1.165, 1.54) is 6.08 Å². The molecule has 2 aromatic rings. The number of hydrogen-bond acceptors (Lipinski definition) is 4.